The van der Waals surface area contributed by atoms with Gasteiger partial charge in [0.1, 0.15) is 5.75 Å². The summed E-state index contributed by atoms with van der Waals surface area (Å²) in [6, 6.07) is 6.78. The molecule has 1 aromatic heterocycles. The lowest BCUT2D eigenvalue weighted by Gasteiger charge is -2.29. The third-order valence-corrected chi connectivity index (χ3v) is 7.62. The van der Waals surface area contributed by atoms with Crippen LogP contribution in [-0.2, 0) is 9.53 Å². The van der Waals surface area contributed by atoms with Gasteiger partial charge in [-0.25, -0.2) is 4.98 Å². The molecule has 2 atom stereocenters. The van der Waals surface area contributed by atoms with Gasteiger partial charge in [0, 0.05) is 13.2 Å². The van der Waals surface area contributed by atoms with Crippen LogP contribution in [0.1, 0.15) is 77.4 Å². The minimum atomic E-state index is -0.695. The van der Waals surface area contributed by atoms with E-state index in [-0.39, 0.29) is 17.5 Å². The number of carbonyl (C=O) groups is 2. The summed E-state index contributed by atoms with van der Waals surface area (Å²) in [5, 5.41) is 11.7. The molecule has 0 aliphatic carbocycles. The molecule has 0 spiro atoms. The minimum absolute atomic E-state index is 0.105. The Balaban J connectivity index is 1.61. The highest BCUT2D eigenvalue weighted by Crippen LogP contribution is 2.41. The molecule has 1 aromatic carbocycles. The van der Waals surface area contributed by atoms with E-state index in [1.807, 2.05) is 31.2 Å². The number of carbonyl (C=O) groups excluding carboxylic acids is 2. The summed E-state index contributed by atoms with van der Waals surface area (Å²) in [4.78, 5) is 33.2. The summed E-state index contributed by atoms with van der Waals surface area (Å²) in [6.07, 6.45) is 6.20. The summed E-state index contributed by atoms with van der Waals surface area (Å²) < 4.78 is 11.6. The molecule has 7 nitrogen and oxygen atoms in total. The van der Waals surface area contributed by atoms with E-state index in [0.717, 1.165) is 42.0 Å². The van der Waals surface area contributed by atoms with Gasteiger partial charge in [-0.05, 0) is 50.8 Å². The summed E-state index contributed by atoms with van der Waals surface area (Å²) >= 11 is 1.28. The molecule has 0 radical (unpaired) electrons. The SMILES string of the molecule is CCCCCCOc1ccc(C2C(C(=O)c3sc(C)nc3C)=C(O)C(=O)N2CC2CCCO2)cc1. The van der Waals surface area contributed by atoms with Gasteiger partial charge in [0.05, 0.1) is 39.9 Å². The highest BCUT2D eigenvalue weighted by molar-refractivity contribution is 7.14. The number of aliphatic hydroxyl groups excluding tert-OH is 1. The van der Waals surface area contributed by atoms with Gasteiger partial charge in [-0.15, -0.1) is 11.3 Å². The van der Waals surface area contributed by atoms with E-state index in [9.17, 15) is 14.7 Å². The zero-order chi connectivity index (χ0) is 24.9. The summed E-state index contributed by atoms with van der Waals surface area (Å²) in [7, 11) is 0. The normalized spacial score (nSPS) is 20.2. The van der Waals surface area contributed by atoms with E-state index < -0.39 is 17.7 Å². The molecule has 1 N–H and O–H groups in total. The summed E-state index contributed by atoms with van der Waals surface area (Å²) in [6.45, 7) is 7.42. The predicted octanol–water partition coefficient (Wildman–Crippen LogP) is 5.48. The van der Waals surface area contributed by atoms with Crippen molar-refractivity contribution in [2.45, 2.75) is 71.4 Å². The highest BCUT2D eigenvalue weighted by atomic mass is 32.1. The van der Waals surface area contributed by atoms with E-state index in [2.05, 4.69) is 11.9 Å². The van der Waals surface area contributed by atoms with Gasteiger partial charge in [0.15, 0.2) is 5.76 Å². The van der Waals surface area contributed by atoms with Crippen molar-refractivity contribution in [1.29, 1.82) is 0 Å². The van der Waals surface area contributed by atoms with Crippen molar-refractivity contribution < 1.29 is 24.2 Å². The Morgan fingerprint density at radius 2 is 2.00 bits per heavy atom. The maximum absolute atomic E-state index is 13.6. The largest absolute Gasteiger partial charge is 0.503 e. The maximum Gasteiger partial charge on any atom is 0.290 e. The predicted molar refractivity (Wildman–Crippen MR) is 135 cm³/mol. The zero-order valence-electron chi connectivity index (χ0n) is 20.7. The molecule has 0 saturated carbocycles. The second kappa shape index (κ2) is 11.4. The number of aromatic nitrogens is 1. The fourth-order valence-electron chi connectivity index (χ4n) is 4.76. The Kier molecular flexibility index (Phi) is 8.23. The van der Waals surface area contributed by atoms with Crippen molar-refractivity contribution in [1.82, 2.24) is 9.88 Å². The fraction of sp³-hybridized carbons (Fsp3) is 0.519. The quantitative estimate of drug-likeness (QED) is 0.326. The van der Waals surface area contributed by atoms with Crippen molar-refractivity contribution in [3.8, 4) is 5.75 Å². The van der Waals surface area contributed by atoms with Crippen LogP contribution in [0.4, 0.5) is 0 Å². The number of nitrogens with zero attached hydrogens (tertiary/aromatic N) is 2. The zero-order valence-corrected chi connectivity index (χ0v) is 21.5. The number of unbranched alkanes of at least 4 members (excludes halogenated alkanes) is 3. The molecule has 1 amide bonds. The molecular weight excluding hydrogens is 464 g/mol. The number of aliphatic hydroxyl groups is 1. The number of ether oxygens (including phenoxy) is 2. The maximum atomic E-state index is 13.6. The first-order chi connectivity index (χ1) is 16.9. The van der Waals surface area contributed by atoms with Gasteiger partial charge in [-0.1, -0.05) is 38.3 Å². The Morgan fingerprint density at radius 1 is 1.23 bits per heavy atom. The third kappa shape index (κ3) is 5.59. The number of aryl methyl sites for hydroxylation is 2. The molecule has 35 heavy (non-hydrogen) atoms. The smallest absolute Gasteiger partial charge is 0.290 e. The molecule has 1 fully saturated rings. The summed E-state index contributed by atoms with van der Waals surface area (Å²) in [5.41, 5.74) is 1.46. The number of ketones is 1. The number of benzene rings is 1. The Morgan fingerprint density at radius 3 is 2.63 bits per heavy atom. The number of Topliss-reactive ketones (excluding diaryl/α,β-unsaturated/α-hetero) is 1. The second-order valence-electron chi connectivity index (χ2n) is 9.21. The van der Waals surface area contributed by atoms with E-state index in [1.54, 1.807) is 11.8 Å². The molecule has 8 heteroatoms. The van der Waals surface area contributed by atoms with Crippen LogP contribution in [0.3, 0.4) is 0 Å². The standard InChI is InChI=1S/C27H34N2O5S/c1-4-5-6-7-14-33-20-12-10-19(11-13-20)23-22(24(30)26-17(2)28-18(3)35-26)25(31)27(32)29(23)16-21-9-8-15-34-21/h10-13,21,23,31H,4-9,14-16H2,1-3H3. The van der Waals surface area contributed by atoms with Gasteiger partial charge in [0.2, 0.25) is 5.78 Å². The molecule has 2 aliphatic heterocycles. The molecule has 2 aromatic rings. The lowest BCUT2D eigenvalue weighted by atomic mass is 9.94. The number of hydrogen-bond acceptors (Lipinski definition) is 7. The lowest BCUT2D eigenvalue weighted by molar-refractivity contribution is -0.131. The van der Waals surface area contributed by atoms with Crippen molar-refractivity contribution in [3.63, 3.8) is 0 Å². The van der Waals surface area contributed by atoms with Crippen molar-refractivity contribution in [2.75, 3.05) is 19.8 Å². The van der Waals surface area contributed by atoms with Crippen LogP contribution in [0, 0.1) is 13.8 Å². The molecule has 3 heterocycles. The first-order valence-electron chi connectivity index (χ1n) is 12.5. The number of rotatable bonds is 11. The van der Waals surface area contributed by atoms with Crippen LogP contribution >= 0.6 is 11.3 Å². The van der Waals surface area contributed by atoms with Crippen LogP contribution in [0.5, 0.6) is 5.75 Å². The number of amides is 1. The van der Waals surface area contributed by atoms with Crippen molar-refractivity contribution in [2.24, 2.45) is 0 Å². The van der Waals surface area contributed by atoms with E-state index in [1.165, 1.54) is 24.2 Å². The number of hydrogen-bond donors (Lipinski definition) is 1. The van der Waals surface area contributed by atoms with Gasteiger partial charge < -0.3 is 19.5 Å². The third-order valence-electron chi connectivity index (χ3n) is 6.54. The topological polar surface area (TPSA) is 89.0 Å². The second-order valence-corrected chi connectivity index (χ2v) is 10.4. The molecular formula is C27H34N2O5S. The molecule has 2 unspecified atom stereocenters. The van der Waals surface area contributed by atoms with Crippen LogP contribution in [0.15, 0.2) is 35.6 Å². The van der Waals surface area contributed by atoms with Gasteiger partial charge >= 0.3 is 0 Å². The highest BCUT2D eigenvalue weighted by Gasteiger charge is 2.45. The van der Waals surface area contributed by atoms with Crippen LogP contribution in [-0.4, -0.2) is 52.5 Å². The Hall–Kier alpha value is -2.71. The average Bonchev–Trinajstić information content (AvgIpc) is 3.54. The summed E-state index contributed by atoms with van der Waals surface area (Å²) in [5.74, 6) is -0.631. The number of thiazole rings is 1. The van der Waals surface area contributed by atoms with Gasteiger partial charge in [-0.2, -0.15) is 0 Å². The van der Waals surface area contributed by atoms with Gasteiger partial charge in [0.25, 0.3) is 5.91 Å². The molecule has 0 bridgehead atoms. The van der Waals surface area contributed by atoms with Crippen molar-refractivity contribution >= 4 is 23.0 Å². The lowest BCUT2D eigenvalue weighted by Crippen LogP contribution is -2.37. The minimum Gasteiger partial charge on any atom is -0.503 e. The Labute approximate surface area is 210 Å². The monoisotopic (exact) mass is 498 g/mol. The van der Waals surface area contributed by atoms with E-state index in [0.29, 0.717) is 30.3 Å². The van der Waals surface area contributed by atoms with Gasteiger partial charge in [-0.3, -0.25) is 9.59 Å². The molecule has 188 valence electrons. The van der Waals surface area contributed by atoms with Crippen LogP contribution in [0.25, 0.3) is 0 Å². The van der Waals surface area contributed by atoms with Crippen LogP contribution < -0.4 is 4.74 Å². The van der Waals surface area contributed by atoms with E-state index in [4.69, 9.17) is 9.47 Å². The van der Waals surface area contributed by atoms with Crippen LogP contribution in [0.2, 0.25) is 0 Å². The Bertz CT molecular complexity index is 1090. The first kappa shape index (κ1) is 25.4. The molecule has 2 aliphatic rings. The molecule has 4 rings (SSSR count). The van der Waals surface area contributed by atoms with Crippen molar-refractivity contribution in [3.05, 3.63) is 56.7 Å². The molecule has 1 saturated heterocycles. The fourth-order valence-corrected chi connectivity index (χ4v) is 5.63. The first-order valence-corrected chi connectivity index (χ1v) is 13.3. The average molecular weight is 499 g/mol. The van der Waals surface area contributed by atoms with E-state index >= 15 is 0 Å².